The second kappa shape index (κ2) is 5.93. The number of nitrogens with one attached hydrogen (secondary N) is 1. The molecule has 0 spiro atoms. The fourth-order valence-electron chi connectivity index (χ4n) is 3.64. The Morgan fingerprint density at radius 2 is 2.00 bits per heavy atom. The third-order valence-electron chi connectivity index (χ3n) is 4.60. The van der Waals surface area contributed by atoms with E-state index in [-0.39, 0.29) is 12.7 Å². The van der Waals surface area contributed by atoms with E-state index in [4.69, 9.17) is 4.74 Å². The zero-order chi connectivity index (χ0) is 13.1. The number of benzene rings is 1. The first kappa shape index (κ1) is 12.9. The summed E-state index contributed by atoms with van der Waals surface area (Å²) in [4.78, 5) is 0. The van der Waals surface area contributed by atoms with E-state index in [0.717, 1.165) is 25.9 Å². The molecule has 1 heterocycles. The number of fused-ring (bicyclic) bond motifs is 1. The molecular formula is C16H23NO2. The van der Waals surface area contributed by atoms with Crippen molar-refractivity contribution >= 4 is 5.69 Å². The molecule has 3 rings (SSSR count). The number of anilines is 1. The lowest BCUT2D eigenvalue weighted by molar-refractivity contribution is -0.0953. The summed E-state index contributed by atoms with van der Waals surface area (Å²) in [5.74, 6) is 0.874. The Labute approximate surface area is 115 Å². The minimum absolute atomic E-state index is 0.244. The van der Waals surface area contributed by atoms with Gasteiger partial charge in [-0.2, -0.15) is 0 Å². The molecule has 1 saturated carbocycles. The highest BCUT2D eigenvalue weighted by molar-refractivity contribution is 5.43. The molecule has 0 aromatic heterocycles. The summed E-state index contributed by atoms with van der Waals surface area (Å²) in [7, 11) is 0. The maximum absolute atomic E-state index is 9.51. The average molecular weight is 261 g/mol. The van der Waals surface area contributed by atoms with Crippen LogP contribution in [-0.2, 0) is 4.74 Å². The smallest absolute Gasteiger partial charge is 0.0672 e. The summed E-state index contributed by atoms with van der Waals surface area (Å²) in [5.41, 5.74) is 1.19. The van der Waals surface area contributed by atoms with Gasteiger partial charge in [-0.05, 0) is 37.8 Å². The summed E-state index contributed by atoms with van der Waals surface area (Å²) in [6.45, 7) is 1.12. The van der Waals surface area contributed by atoms with Crippen LogP contribution in [0.4, 0.5) is 5.69 Å². The van der Waals surface area contributed by atoms with E-state index in [1.165, 1.54) is 12.1 Å². The fourth-order valence-corrected chi connectivity index (χ4v) is 3.64. The van der Waals surface area contributed by atoms with E-state index >= 15 is 0 Å². The SMILES string of the molecule is OCC1CC[C@H](Nc2ccccc2)C2CCCOC12. The summed E-state index contributed by atoms with van der Waals surface area (Å²) in [6, 6.07) is 10.9. The van der Waals surface area contributed by atoms with Crippen molar-refractivity contribution in [2.75, 3.05) is 18.5 Å². The summed E-state index contributed by atoms with van der Waals surface area (Å²) in [5, 5.41) is 13.2. The Morgan fingerprint density at radius 3 is 2.79 bits per heavy atom. The van der Waals surface area contributed by atoms with Crippen molar-refractivity contribution in [2.45, 2.75) is 37.8 Å². The lowest BCUT2D eigenvalue weighted by atomic mass is 9.72. The molecule has 1 saturated heterocycles. The molecule has 3 unspecified atom stereocenters. The van der Waals surface area contributed by atoms with Crippen LogP contribution in [-0.4, -0.2) is 30.5 Å². The van der Waals surface area contributed by atoms with E-state index in [0.29, 0.717) is 17.9 Å². The second-order valence-corrected chi connectivity index (χ2v) is 5.78. The zero-order valence-corrected chi connectivity index (χ0v) is 11.3. The van der Waals surface area contributed by atoms with Gasteiger partial charge >= 0.3 is 0 Å². The van der Waals surface area contributed by atoms with Crippen LogP contribution in [0.15, 0.2) is 30.3 Å². The number of aliphatic hydroxyl groups excluding tert-OH is 1. The number of para-hydroxylation sites is 1. The topological polar surface area (TPSA) is 41.5 Å². The molecule has 1 aliphatic carbocycles. The van der Waals surface area contributed by atoms with Crippen molar-refractivity contribution in [3.05, 3.63) is 30.3 Å². The number of ether oxygens (including phenoxy) is 1. The van der Waals surface area contributed by atoms with Gasteiger partial charge in [0.05, 0.1) is 6.10 Å². The number of hydrogen-bond donors (Lipinski definition) is 2. The largest absolute Gasteiger partial charge is 0.396 e. The van der Waals surface area contributed by atoms with E-state index in [1.54, 1.807) is 0 Å². The Balaban J connectivity index is 1.71. The van der Waals surface area contributed by atoms with Crippen LogP contribution in [0.1, 0.15) is 25.7 Å². The maximum atomic E-state index is 9.51. The van der Waals surface area contributed by atoms with E-state index in [9.17, 15) is 5.11 Å². The molecule has 2 fully saturated rings. The highest BCUT2D eigenvalue weighted by atomic mass is 16.5. The highest BCUT2D eigenvalue weighted by Crippen LogP contribution is 2.38. The quantitative estimate of drug-likeness (QED) is 0.879. The van der Waals surface area contributed by atoms with Crippen LogP contribution in [0.5, 0.6) is 0 Å². The van der Waals surface area contributed by atoms with Crippen LogP contribution in [0.2, 0.25) is 0 Å². The van der Waals surface area contributed by atoms with Crippen molar-refractivity contribution in [3.63, 3.8) is 0 Å². The summed E-state index contributed by atoms with van der Waals surface area (Å²) >= 11 is 0. The van der Waals surface area contributed by atoms with Gasteiger partial charge in [-0.3, -0.25) is 0 Å². The summed E-state index contributed by atoms with van der Waals surface area (Å²) < 4.78 is 5.95. The van der Waals surface area contributed by atoms with Crippen molar-refractivity contribution in [2.24, 2.45) is 11.8 Å². The Morgan fingerprint density at radius 1 is 1.16 bits per heavy atom. The van der Waals surface area contributed by atoms with Crippen LogP contribution in [0, 0.1) is 11.8 Å². The predicted molar refractivity (Wildman–Crippen MR) is 76.1 cm³/mol. The molecule has 3 nitrogen and oxygen atoms in total. The van der Waals surface area contributed by atoms with E-state index in [2.05, 4.69) is 29.6 Å². The van der Waals surface area contributed by atoms with Gasteiger partial charge < -0.3 is 15.2 Å². The highest BCUT2D eigenvalue weighted by Gasteiger charge is 2.41. The van der Waals surface area contributed by atoms with Gasteiger partial charge in [0.25, 0.3) is 0 Å². The van der Waals surface area contributed by atoms with E-state index < -0.39 is 0 Å². The minimum atomic E-state index is 0.244. The second-order valence-electron chi connectivity index (χ2n) is 5.78. The molecule has 2 N–H and O–H groups in total. The standard InChI is InChI=1S/C16H23NO2/c18-11-12-8-9-15(14-7-4-10-19-16(12)14)17-13-5-2-1-3-6-13/h1-3,5-6,12,14-18H,4,7-11H2/t12?,14?,15-,16?/m0/s1. The molecular weight excluding hydrogens is 238 g/mol. The minimum Gasteiger partial charge on any atom is -0.396 e. The van der Waals surface area contributed by atoms with Crippen molar-refractivity contribution in [3.8, 4) is 0 Å². The van der Waals surface area contributed by atoms with Crippen molar-refractivity contribution < 1.29 is 9.84 Å². The fraction of sp³-hybridized carbons (Fsp3) is 0.625. The predicted octanol–water partition coefficient (Wildman–Crippen LogP) is 2.66. The molecule has 19 heavy (non-hydrogen) atoms. The average Bonchev–Trinajstić information content (AvgIpc) is 2.49. The normalized spacial score (nSPS) is 34.6. The molecule has 0 radical (unpaired) electrons. The number of aliphatic hydroxyl groups is 1. The van der Waals surface area contributed by atoms with Crippen molar-refractivity contribution in [1.82, 2.24) is 0 Å². The first-order chi connectivity index (χ1) is 9.38. The number of hydrogen-bond acceptors (Lipinski definition) is 3. The molecule has 1 aromatic rings. The zero-order valence-electron chi connectivity index (χ0n) is 11.3. The molecule has 104 valence electrons. The number of rotatable bonds is 3. The molecule has 0 bridgehead atoms. The molecule has 1 aromatic carbocycles. The maximum Gasteiger partial charge on any atom is 0.0672 e. The van der Waals surface area contributed by atoms with Gasteiger partial charge in [0.15, 0.2) is 0 Å². The third kappa shape index (κ3) is 2.77. The summed E-state index contributed by atoms with van der Waals surface area (Å²) in [6.07, 6.45) is 4.79. The van der Waals surface area contributed by atoms with Gasteiger partial charge in [-0.25, -0.2) is 0 Å². The van der Waals surface area contributed by atoms with E-state index in [1.807, 2.05) is 6.07 Å². The first-order valence-electron chi connectivity index (χ1n) is 7.42. The molecule has 0 amide bonds. The molecule has 1 aliphatic heterocycles. The molecule has 4 atom stereocenters. The molecule has 2 aliphatic rings. The first-order valence-corrected chi connectivity index (χ1v) is 7.42. The van der Waals surface area contributed by atoms with Crippen LogP contribution >= 0.6 is 0 Å². The lowest BCUT2D eigenvalue weighted by Crippen LogP contribution is -2.50. The monoisotopic (exact) mass is 261 g/mol. The van der Waals surface area contributed by atoms with Crippen molar-refractivity contribution in [1.29, 1.82) is 0 Å². The van der Waals surface area contributed by atoms with Gasteiger partial charge in [0.1, 0.15) is 0 Å². The Kier molecular flexibility index (Phi) is 4.04. The molecule has 3 heteroatoms. The van der Waals surface area contributed by atoms with Gasteiger partial charge in [-0.1, -0.05) is 18.2 Å². The lowest BCUT2D eigenvalue weighted by Gasteiger charge is -2.45. The van der Waals surface area contributed by atoms with Crippen LogP contribution < -0.4 is 5.32 Å². The Hall–Kier alpha value is -1.06. The van der Waals surface area contributed by atoms with Gasteiger partial charge in [-0.15, -0.1) is 0 Å². The van der Waals surface area contributed by atoms with Crippen LogP contribution in [0.3, 0.4) is 0 Å². The van der Waals surface area contributed by atoms with Crippen LogP contribution in [0.25, 0.3) is 0 Å². The Bertz CT molecular complexity index is 395. The third-order valence-corrected chi connectivity index (χ3v) is 4.60. The van der Waals surface area contributed by atoms with Gasteiger partial charge in [0, 0.05) is 36.8 Å². The van der Waals surface area contributed by atoms with Gasteiger partial charge in [0.2, 0.25) is 0 Å².